The second kappa shape index (κ2) is 7.71. The average Bonchev–Trinajstić information content (AvgIpc) is 3.58. The zero-order chi connectivity index (χ0) is 22.4. The van der Waals surface area contributed by atoms with Crippen LogP contribution in [-0.2, 0) is 0 Å². The van der Waals surface area contributed by atoms with Crippen molar-refractivity contribution in [3.8, 4) is 5.69 Å². The molecular weight excluding hydrogens is 400 g/mol. The van der Waals surface area contributed by atoms with Crippen LogP contribution in [0.25, 0.3) is 16.7 Å². The smallest absolute Gasteiger partial charge is 0.256 e. The van der Waals surface area contributed by atoms with Gasteiger partial charge in [-0.3, -0.25) is 9.59 Å². The maximum Gasteiger partial charge on any atom is 0.256 e. The first kappa shape index (κ1) is 20.1. The van der Waals surface area contributed by atoms with Crippen molar-refractivity contribution in [1.82, 2.24) is 14.8 Å². The van der Waals surface area contributed by atoms with E-state index in [1.54, 1.807) is 24.3 Å². The van der Waals surface area contributed by atoms with E-state index in [1.165, 1.54) is 12.5 Å². The fraction of sp³-hybridized carbons (Fsp3) is 0.231. The number of Topliss-reactive ketones (excluding diaryl/α,β-unsaturated/α-hetero) is 1. The number of nitrogens with zero attached hydrogens (tertiary/aromatic N) is 3. The topological polar surface area (TPSA) is 76.9 Å². The highest BCUT2D eigenvalue weighted by Gasteiger charge is 2.29. The van der Waals surface area contributed by atoms with Gasteiger partial charge in [-0.05, 0) is 76.1 Å². The van der Waals surface area contributed by atoms with E-state index < -0.39 is 0 Å². The van der Waals surface area contributed by atoms with Crippen molar-refractivity contribution < 1.29 is 9.59 Å². The number of carbonyl (C=O) groups excluding carboxylic acids is 2. The molecule has 2 heterocycles. The molecule has 0 spiro atoms. The molecule has 0 unspecified atom stereocenters. The van der Waals surface area contributed by atoms with Gasteiger partial charge in [-0.1, -0.05) is 17.7 Å². The van der Waals surface area contributed by atoms with E-state index in [2.05, 4.69) is 5.32 Å². The van der Waals surface area contributed by atoms with Gasteiger partial charge in [-0.25, -0.2) is 9.67 Å². The maximum absolute atomic E-state index is 13.3. The summed E-state index contributed by atoms with van der Waals surface area (Å²) in [7, 11) is 0. The molecule has 1 N–H and O–H groups in total. The molecular formula is C26H24N4O2. The minimum atomic E-state index is -0.207. The Balaban J connectivity index is 1.59. The molecule has 0 bridgehead atoms. The van der Waals surface area contributed by atoms with Crippen LogP contribution in [0.4, 0.5) is 5.69 Å². The molecule has 0 atom stereocenters. The van der Waals surface area contributed by atoms with Crippen LogP contribution in [0.15, 0.2) is 54.6 Å². The van der Waals surface area contributed by atoms with Gasteiger partial charge in [0.15, 0.2) is 11.4 Å². The van der Waals surface area contributed by atoms with Gasteiger partial charge < -0.3 is 5.32 Å². The summed E-state index contributed by atoms with van der Waals surface area (Å²) in [6.45, 7) is 5.48. The summed E-state index contributed by atoms with van der Waals surface area (Å²) >= 11 is 0. The number of rotatable bonds is 5. The van der Waals surface area contributed by atoms with E-state index in [9.17, 15) is 9.59 Å². The quantitative estimate of drug-likeness (QED) is 0.437. The zero-order valence-corrected chi connectivity index (χ0v) is 18.3. The first-order chi connectivity index (χ1) is 15.4. The molecule has 6 heteroatoms. The molecule has 2 aromatic heterocycles. The lowest BCUT2D eigenvalue weighted by Crippen LogP contribution is -2.14. The van der Waals surface area contributed by atoms with Gasteiger partial charge in [0.25, 0.3) is 5.91 Å². The molecule has 32 heavy (non-hydrogen) atoms. The lowest BCUT2D eigenvalue weighted by molar-refractivity contribution is 0.101. The van der Waals surface area contributed by atoms with Crippen molar-refractivity contribution >= 4 is 28.4 Å². The third-order valence-corrected chi connectivity index (χ3v) is 5.90. The predicted octanol–water partition coefficient (Wildman–Crippen LogP) is 5.37. The number of benzene rings is 2. The molecule has 160 valence electrons. The maximum atomic E-state index is 13.3. The van der Waals surface area contributed by atoms with Crippen LogP contribution in [0.5, 0.6) is 0 Å². The van der Waals surface area contributed by atoms with Crippen LogP contribution < -0.4 is 5.32 Å². The number of aromatic nitrogens is 3. The molecule has 0 saturated heterocycles. The Kier molecular flexibility index (Phi) is 4.85. The number of ketones is 1. The van der Waals surface area contributed by atoms with Crippen molar-refractivity contribution in [1.29, 1.82) is 0 Å². The number of anilines is 1. The highest BCUT2D eigenvalue weighted by atomic mass is 16.1. The average molecular weight is 425 g/mol. The predicted molar refractivity (Wildman–Crippen MR) is 125 cm³/mol. The molecule has 0 aliphatic heterocycles. The highest BCUT2D eigenvalue weighted by Crippen LogP contribution is 2.40. The minimum absolute atomic E-state index is 0.00746. The van der Waals surface area contributed by atoms with E-state index in [0.717, 1.165) is 35.3 Å². The van der Waals surface area contributed by atoms with Gasteiger partial charge in [-0.2, -0.15) is 5.10 Å². The second-order valence-electron chi connectivity index (χ2n) is 8.49. The van der Waals surface area contributed by atoms with Gasteiger partial charge in [0.2, 0.25) is 0 Å². The summed E-state index contributed by atoms with van der Waals surface area (Å²) in [5, 5.41) is 8.46. The first-order valence-corrected chi connectivity index (χ1v) is 10.8. The third kappa shape index (κ3) is 3.68. The van der Waals surface area contributed by atoms with E-state index in [4.69, 9.17) is 10.1 Å². The fourth-order valence-electron chi connectivity index (χ4n) is 3.93. The van der Waals surface area contributed by atoms with Gasteiger partial charge in [0.05, 0.1) is 22.3 Å². The summed E-state index contributed by atoms with van der Waals surface area (Å²) in [6.07, 6.45) is 2.17. The number of nitrogens with one attached hydrogen (secondary N) is 1. The van der Waals surface area contributed by atoms with Crippen molar-refractivity contribution in [3.05, 3.63) is 82.7 Å². The number of amides is 1. The van der Waals surface area contributed by atoms with Gasteiger partial charge in [0, 0.05) is 22.9 Å². The van der Waals surface area contributed by atoms with E-state index in [0.29, 0.717) is 28.4 Å². The molecule has 5 rings (SSSR count). The van der Waals surface area contributed by atoms with Crippen molar-refractivity contribution in [2.45, 2.75) is 39.5 Å². The Morgan fingerprint density at radius 1 is 1.00 bits per heavy atom. The standard InChI is InChI=1S/C26H24N4O2/c1-15-4-12-21(13-5-15)30-25-24(16(2)29-30)22(14-23(28-25)19-6-7-19)26(32)27-20-10-8-18(9-11-20)17(3)31/h4-5,8-14,19H,6-7H2,1-3H3,(H,27,32). The molecule has 2 aromatic carbocycles. The molecule has 1 fully saturated rings. The highest BCUT2D eigenvalue weighted by molar-refractivity contribution is 6.13. The third-order valence-electron chi connectivity index (χ3n) is 5.90. The Labute approximate surface area is 186 Å². The molecule has 1 aliphatic rings. The van der Waals surface area contributed by atoms with Crippen molar-refractivity contribution in [3.63, 3.8) is 0 Å². The van der Waals surface area contributed by atoms with E-state index >= 15 is 0 Å². The van der Waals surface area contributed by atoms with Crippen LogP contribution in [0.1, 0.15) is 63.4 Å². The molecule has 4 aromatic rings. The van der Waals surface area contributed by atoms with Crippen molar-refractivity contribution in [2.75, 3.05) is 5.32 Å². The van der Waals surface area contributed by atoms with Gasteiger partial charge in [-0.15, -0.1) is 0 Å². The Bertz CT molecular complexity index is 1350. The van der Waals surface area contributed by atoms with Gasteiger partial charge in [0.1, 0.15) is 0 Å². The summed E-state index contributed by atoms with van der Waals surface area (Å²) < 4.78 is 1.83. The summed E-state index contributed by atoms with van der Waals surface area (Å²) in [5.41, 5.74) is 6.30. The first-order valence-electron chi connectivity index (χ1n) is 10.8. The molecule has 1 aliphatic carbocycles. The monoisotopic (exact) mass is 424 g/mol. The Morgan fingerprint density at radius 2 is 1.69 bits per heavy atom. The Morgan fingerprint density at radius 3 is 2.31 bits per heavy atom. The SMILES string of the molecule is CC(=O)c1ccc(NC(=O)c2cc(C3CC3)nc3c2c(C)nn3-c2ccc(C)cc2)cc1. The van der Waals surface area contributed by atoms with Crippen LogP contribution in [0.2, 0.25) is 0 Å². The lowest BCUT2D eigenvalue weighted by Gasteiger charge is -2.10. The van der Waals surface area contributed by atoms with E-state index in [1.807, 2.05) is 48.9 Å². The number of aryl methyl sites for hydroxylation is 2. The number of hydrogen-bond acceptors (Lipinski definition) is 4. The molecule has 6 nitrogen and oxygen atoms in total. The zero-order valence-electron chi connectivity index (χ0n) is 18.3. The lowest BCUT2D eigenvalue weighted by atomic mass is 10.1. The van der Waals surface area contributed by atoms with Crippen LogP contribution in [0, 0.1) is 13.8 Å². The minimum Gasteiger partial charge on any atom is -0.322 e. The summed E-state index contributed by atoms with van der Waals surface area (Å²) in [6, 6.07) is 17.0. The second-order valence-corrected chi connectivity index (χ2v) is 8.49. The van der Waals surface area contributed by atoms with Crippen LogP contribution in [0.3, 0.4) is 0 Å². The van der Waals surface area contributed by atoms with Gasteiger partial charge >= 0.3 is 0 Å². The number of pyridine rings is 1. The summed E-state index contributed by atoms with van der Waals surface area (Å²) in [5.74, 6) is 0.177. The number of fused-ring (bicyclic) bond motifs is 1. The molecule has 1 saturated carbocycles. The molecule has 0 radical (unpaired) electrons. The normalized spacial score (nSPS) is 13.3. The number of hydrogen-bond donors (Lipinski definition) is 1. The van der Waals surface area contributed by atoms with E-state index in [-0.39, 0.29) is 11.7 Å². The van der Waals surface area contributed by atoms with Crippen molar-refractivity contribution in [2.24, 2.45) is 0 Å². The largest absolute Gasteiger partial charge is 0.322 e. The molecule has 1 amide bonds. The van der Waals surface area contributed by atoms with Crippen LogP contribution >= 0.6 is 0 Å². The number of carbonyl (C=O) groups is 2. The Hall–Kier alpha value is -3.80. The fourth-order valence-corrected chi connectivity index (χ4v) is 3.93. The summed E-state index contributed by atoms with van der Waals surface area (Å²) in [4.78, 5) is 29.8. The van der Waals surface area contributed by atoms with Crippen LogP contribution in [-0.4, -0.2) is 26.5 Å².